The minimum absolute atomic E-state index is 0.114. The Morgan fingerprint density at radius 1 is 0.875 bits per heavy atom. The number of aromatic hydroxyl groups is 2. The Morgan fingerprint density at radius 2 is 1.29 bits per heavy atom. The summed E-state index contributed by atoms with van der Waals surface area (Å²) in [6, 6.07) is 14.6. The van der Waals surface area contributed by atoms with Crippen molar-refractivity contribution in [3.05, 3.63) is 59.7 Å². The van der Waals surface area contributed by atoms with Crippen molar-refractivity contribution in [2.45, 2.75) is 39.0 Å². The third-order valence-electron chi connectivity index (χ3n) is 5.62. The average Bonchev–Trinajstić information content (AvgIpc) is 2.49. The number of ketones is 1. The molecule has 0 bridgehead atoms. The second kappa shape index (κ2) is 5.66. The molecule has 0 saturated heterocycles. The molecule has 3 heteroatoms. The van der Waals surface area contributed by atoms with E-state index in [1.807, 2.05) is 24.3 Å². The highest BCUT2D eigenvalue weighted by Gasteiger charge is 2.55. The molecule has 0 aliphatic heterocycles. The Bertz CT molecular complexity index is 696. The van der Waals surface area contributed by atoms with Crippen LogP contribution in [0.5, 0.6) is 11.5 Å². The van der Waals surface area contributed by atoms with E-state index in [1.165, 1.54) is 0 Å². The van der Waals surface area contributed by atoms with Gasteiger partial charge in [0, 0.05) is 18.3 Å². The molecular formula is C21H24O3. The minimum Gasteiger partial charge on any atom is -0.508 e. The molecule has 1 fully saturated rings. The fourth-order valence-electron chi connectivity index (χ4n) is 4.83. The first-order chi connectivity index (χ1) is 11.3. The molecule has 1 aliphatic rings. The van der Waals surface area contributed by atoms with Crippen LogP contribution in [0.15, 0.2) is 48.5 Å². The van der Waals surface area contributed by atoms with Crippen LogP contribution < -0.4 is 0 Å². The van der Waals surface area contributed by atoms with E-state index in [1.54, 1.807) is 24.3 Å². The van der Waals surface area contributed by atoms with Crippen LogP contribution in [-0.4, -0.2) is 16.0 Å². The van der Waals surface area contributed by atoms with Crippen LogP contribution in [0.2, 0.25) is 0 Å². The van der Waals surface area contributed by atoms with Gasteiger partial charge in [0.15, 0.2) is 0 Å². The number of hydrogen-bond acceptors (Lipinski definition) is 3. The summed E-state index contributed by atoms with van der Waals surface area (Å²) in [4.78, 5) is 12.3. The van der Waals surface area contributed by atoms with E-state index in [2.05, 4.69) is 20.8 Å². The zero-order valence-corrected chi connectivity index (χ0v) is 14.4. The number of carbonyl (C=O) groups is 1. The molecule has 0 aromatic heterocycles. The van der Waals surface area contributed by atoms with E-state index in [-0.39, 0.29) is 28.2 Å². The van der Waals surface area contributed by atoms with Crippen LogP contribution in [0.25, 0.3) is 0 Å². The Balaban J connectivity index is 2.29. The first-order valence-corrected chi connectivity index (χ1v) is 8.38. The van der Waals surface area contributed by atoms with E-state index >= 15 is 0 Å². The summed E-state index contributed by atoms with van der Waals surface area (Å²) in [5, 5.41) is 19.4. The predicted octanol–water partition coefficient (Wildman–Crippen LogP) is 4.41. The lowest BCUT2D eigenvalue weighted by atomic mass is 9.48. The zero-order valence-electron chi connectivity index (χ0n) is 14.4. The maximum Gasteiger partial charge on any atom is 0.133 e. The minimum atomic E-state index is -0.359. The van der Waals surface area contributed by atoms with Crippen molar-refractivity contribution in [3.8, 4) is 11.5 Å². The van der Waals surface area contributed by atoms with Gasteiger partial charge in [-0.25, -0.2) is 0 Å². The second-order valence-corrected chi connectivity index (χ2v) is 7.61. The number of hydrogen-bond donors (Lipinski definition) is 2. The topological polar surface area (TPSA) is 57.5 Å². The number of phenols is 2. The summed E-state index contributed by atoms with van der Waals surface area (Å²) < 4.78 is 0. The van der Waals surface area contributed by atoms with Crippen molar-refractivity contribution < 1.29 is 15.0 Å². The van der Waals surface area contributed by atoms with Gasteiger partial charge in [-0.1, -0.05) is 45.0 Å². The molecule has 2 aromatic carbocycles. The van der Waals surface area contributed by atoms with Gasteiger partial charge < -0.3 is 10.2 Å². The maximum absolute atomic E-state index is 12.3. The molecule has 0 radical (unpaired) electrons. The molecule has 0 amide bonds. The molecule has 126 valence electrons. The van der Waals surface area contributed by atoms with Crippen molar-refractivity contribution in [1.82, 2.24) is 0 Å². The largest absolute Gasteiger partial charge is 0.508 e. The van der Waals surface area contributed by atoms with Gasteiger partial charge in [-0.3, -0.25) is 4.79 Å². The van der Waals surface area contributed by atoms with Crippen molar-refractivity contribution in [1.29, 1.82) is 0 Å². The molecule has 1 unspecified atom stereocenters. The number of phenolic OH excluding ortho intramolecular Hbond substituents is 2. The first kappa shape index (κ1) is 16.6. The lowest BCUT2D eigenvalue weighted by molar-refractivity contribution is -0.127. The molecule has 1 saturated carbocycles. The smallest absolute Gasteiger partial charge is 0.133 e. The number of Topliss-reactive ketones (excluding diaryl/α,β-unsaturated/α-hetero) is 1. The standard InChI is InChI=1S/C21H24O3/c1-14-12-19(24)13-20(2,3)21(14,15-4-8-17(22)9-5-15)16-6-10-18(23)11-7-16/h4-11,14,22-23H,12-13H2,1-3H3. The molecule has 1 aliphatic carbocycles. The lowest BCUT2D eigenvalue weighted by Gasteiger charge is -2.54. The van der Waals surface area contributed by atoms with Crippen molar-refractivity contribution in [3.63, 3.8) is 0 Å². The molecule has 2 aromatic rings. The number of rotatable bonds is 2. The van der Waals surface area contributed by atoms with Crippen LogP contribution in [0.4, 0.5) is 0 Å². The van der Waals surface area contributed by atoms with Gasteiger partial charge in [0.2, 0.25) is 0 Å². The third-order valence-corrected chi connectivity index (χ3v) is 5.62. The number of carbonyl (C=O) groups excluding carboxylic acids is 1. The Kier molecular flexibility index (Phi) is 3.90. The van der Waals surface area contributed by atoms with Gasteiger partial charge in [-0.2, -0.15) is 0 Å². The van der Waals surface area contributed by atoms with Gasteiger partial charge in [0.05, 0.1) is 0 Å². The van der Waals surface area contributed by atoms with Gasteiger partial charge in [-0.15, -0.1) is 0 Å². The van der Waals surface area contributed by atoms with Gasteiger partial charge in [-0.05, 0) is 46.7 Å². The van der Waals surface area contributed by atoms with Crippen molar-refractivity contribution in [2.24, 2.45) is 11.3 Å². The normalized spacial score (nSPS) is 22.3. The van der Waals surface area contributed by atoms with Crippen LogP contribution in [-0.2, 0) is 10.2 Å². The van der Waals surface area contributed by atoms with Crippen molar-refractivity contribution in [2.75, 3.05) is 0 Å². The SMILES string of the molecule is CC1CC(=O)CC(C)(C)C1(c1ccc(O)cc1)c1ccc(O)cc1. The highest BCUT2D eigenvalue weighted by Crippen LogP contribution is 2.57. The highest BCUT2D eigenvalue weighted by molar-refractivity contribution is 5.81. The van der Waals surface area contributed by atoms with E-state index < -0.39 is 0 Å². The molecule has 3 rings (SSSR count). The molecule has 0 heterocycles. The fourth-order valence-corrected chi connectivity index (χ4v) is 4.83. The quantitative estimate of drug-likeness (QED) is 0.860. The Labute approximate surface area is 143 Å². The van der Waals surface area contributed by atoms with E-state index in [9.17, 15) is 15.0 Å². The lowest BCUT2D eigenvalue weighted by Crippen LogP contribution is -2.53. The van der Waals surface area contributed by atoms with Gasteiger partial charge >= 0.3 is 0 Å². The molecule has 1 atom stereocenters. The zero-order chi connectivity index (χ0) is 17.5. The molecule has 3 nitrogen and oxygen atoms in total. The van der Waals surface area contributed by atoms with Crippen LogP contribution in [0.1, 0.15) is 44.7 Å². The predicted molar refractivity (Wildman–Crippen MR) is 94.2 cm³/mol. The first-order valence-electron chi connectivity index (χ1n) is 8.38. The summed E-state index contributed by atoms with van der Waals surface area (Å²) in [6.07, 6.45) is 1.05. The Hall–Kier alpha value is -2.29. The van der Waals surface area contributed by atoms with Crippen LogP contribution in [0, 0.1) is 11.3 Å². The molecule has 2 N–H and O–H groups in total. The number of benzene rings is 2. The summed E-state index contributed by atoms with van der Waals surface area (Å²) in [6.45, 7) is 6.40. The average molecular weight is 324 g/mol. The van der Waals surface area contributed by atoms with Crippen molar-refractivity contribution >= 4 is 5.78 Å². The van der Waals surface area contributed by atoms with Crippen LogP contribution >= 0.6 is 0 Å². The summed E-state index contributed by atoms with van der Waals surface area (Å²) in [5.74, 6) is 0.873. The van der Waals surface area contributed by atoms with Crippen LogP contribution in [0.3, 0.4) is 0 Å². The Morgan fingerprint density at radius 3 is 1.67 bits per heavy atom. The van der Waals surface area contributed by atoms with E-state index in [0.29, 0.717) is 18.6 Å². The monoisotopic (exact) mass is 324 g/mol. The van der Waals surface area contributed by atoms with Gasteiger partial charge in [0.25, 0.3) is 0 Å². The maximum atomic E-state index is 12.3. The second-order valence-electron chi connectivity index (χ2n) is 7.61. The molecule has 24 heavy (non-hydrogen) atoms. The molecule has 0 spiro atoms. The fraction of sp³-hybridized carbons (Fsp3) is 0.381. The van der Waals surface area contributed by atoms with E-state index in [0.717, 1.165) is 11.1 Å². The van der Waals surface area contributed by atoms with E-state index in [4.69, 9.17) is 0 Å². The third kappa shape index (κ3) is 2.39. The van der Waals surface area contributed by atoms with Gasteiger partial charge in [0.1, 0.15) is 17.3 Å². The highest BCUT2D eigenvalue weighted by atomic mass is 16.3. The summed E-state index contributed by atoms with van der Waals surface area (Å²) in [5.41, 5.74) is 1.55. The molecular weight excluding hydrogens is 300 g/mol. The summed E-state index contributed by atoms with van der Waals surface area (Å²) in [7, 11) is 0. The summed E-state index contributed by atoms with van der Waals surface area (Å²) >= 11 is 0.